The number of aryl methyl sites for hydroxylation is 1. The first-order valence-electron chi connectivity index (χ1n) is 9.54. The predicted octanol–water partition coefficient (Wildman–Crippen LogP) is 3.61. The van der Waals surface area contributed by atoms with Crippen molar-refractivity contribution in [3.8, 4) is 0 Å². The molecule has 2 aromatic rings. The maximum Gasteiger partial charge on any atom is 0.317 e. The number of nitrogens with one attached hydrogen (secondary N) is 1. The Morgan fingerprint density at radius 1 is 1.26 bits per heavy atom. The molecule has 0 spiro atoms. The van der Waals surface area contributed by atoms with Gasteiger partial charge in [-0.15, -0.1) is 0 Å². The SMILES string of the molecule is Cc1cc(CN2CCN(C(=O)NC(c3ccc(Cl)cc3)C3CC3)CC2)on1. The molecule has 1 saturated carbocycles. The Labute approximate surface area is 164 Å². The van der Waals surface area contributed by atoms with Crippen LogP contribution < -0.4 is 5.32 Å². The number of halogens is 1. The summed E-state index contributed by atoms with van der Waals surface area (Å²) in [6.45, 7) is 5.77. The molecule has 1 N–H and O–H groups in total. The summed E-state index contributed by atoms with van der Waals surface area (Å²) in [7, 11) is 0. The number of carbonyl (C=O) groups excluding carboxylic acids is 1. The van der Waals surface area contributed by atoms with E-state index in [0.29, 0.717) is 5.92 Å². The van der Waals surface area contributed by atoms with E-state index in [1.54, 1.807) is 0 Å². The fourth-order valence-corrected chi connectivity index (χ4v) is 3.74. The van der Waals surface area contributed by atoms with Crippen molar-refractivity contribution in [3.05, 3.63) is 52.4 Å². The van der Waals surface area contributed by atoms with Crippen LogP contribution in [0.2, 0.25) is 5.02 Å². The van der Waals surface area contributed by atoms with Crippen molar-refractivity contribution < 1.29 is 9.32 Å². The Kier molecular flexibility index (Phi) is 5.36. The molecule has 144 valence electrons. The van der Waals surface area contributed by atoms with Crippen molar-refractivity contribution in [2.45, 2.75) is 32.4 Å². The molecule has 6 nitrogen and oxygen atoms in total. The molecule has 0 radical (unpaired) electrons. The second-order valence-corrected chi connectivity index (χ2v) is 7.95. The van der Waals surface area contributed by atoms with Crippen molar-refractivity contribution in [1.29, 1.82) is 0 Å². The molecule has 1 aliphatic carbocycles. The van der Waals surface area contributed by atoms with Gasteiger partial charge in [0, 0.05) is 37.3 Å². The van der Waals surface area contributed by atoms with Crippen LogP contribution in [0.15, 0.2) is 34.9 Å². The zero-order valence-electron chi connectivity index (χ0n) is 15.5. The van der Waals surface area contributed by atoms with Crippen LogP contribution in [0.1, 0.15) is 35.9 Å². The van der Waals surface area contributed by atoms with Gasteiger partial charge in [-0.1, -0.05) is 28.9 Å². The van der Waals surface area contributed by atoms with Gasteiger partial charge in [-0.3, -0.25) is 4.90 Å². The van der Waals surface area contributed by atoms with Crippen LogP contribution in [0.3, 0.4) is 0 Å². The Hall–Kier alpha value is -2.05. The van der Waals surface area contributed by atoms with Crippen LogP contribution in [0, 0.1) is 12.8 Å². The lowest BCUT2D eigenvalue weighted by Crippen LogP contribution is -2.52. The number of urea groups is 1. The third-order valence-electron chi connectivity index (χ3n) is 5.32. The van der Waals surface area contributed by atoms with Gasteiger partial charge in [-0.2, -0.15) is 0 Å². The summed E-state index contributed by atoms with van der Waals surface area (Å²) in [6.07, 6.45) is 2.33. The van der Waals surface area contributed by atoms with Crippen LogP contribution in [-0.2, 0) is 6.54 Å². The van der Waals surface area contributed by atoms with Crippen LogP contribution in [0.25, 0.3) is 0 Å². The maximum atomic E-state index is 12.8. The highest BCUT2D eigenvalue weighted by atomic mass is 35.5. The first-order chi connectivity index (χ1) is 13.1. The first-order valence-corrected chi connectivity index (χ1v) is 9.92. The van der Waals surface area contributed by atoms with Crippen molar-refractivity contribution >= 4 is 17.6 Å². The summed E-state index contributed by atoms with van der Waals surface area (Å²) in [5.74, 6) is 1.41. The quantitative estimate of drug-likeness (QED) is 0.849. The van der Waals surface area contributed by atoms with Crippen molar-refractivity contribution in [1.82, 2.24) is 20.3 Å². The third kappa shape index (κ3) is 4.62. The molecule has 4 rings (SSSR count). The lowest BCUT2D eigenvalue weighted by atomic mass is 10.0. The van der Waals surface area contributed by atoms with Gasteiger partial charge >= 0.3 is 6.03 Å². The molecule has 27 heavy (non-hydrogen) atoms. The number of hydrogen-bond donors (Lipinski definition) is 1. The molecule has 1 atom stereocenters. The van der Waals surface area contributed by atoms with E-state index >= 15 is 0 Å². The Morgan fingerprint density at radius 2 is 1.96 bits per heavy atom. The molecule has 1 saturated heterocycles. The number of rotatable bonds is 5. The number of hydrogen-bond acceptors (Lipinski definition) is 4. The molecule has 1 unspecified atom stereocenters. The van der Waals surface area contributed by atoms with E-state index in [4.69, 9.17) is 16.1 Å². The average Bonchev–Trinajstić information content (AvgIpc) is 3.43. The van der Waals surface area contributed by atoms with E-state index in [-0.39, 0.29) is 12.1 Å². The van der Waals surface area contributed by atoms with Crippen molar-refractivity contribution in [3.63, 3.8) is 0 Å². The number of aromatic nitrogens is 1. The normalized spacial score (nSPS) is 19.1. The summed E-state index contributed by atoms with van der Waals surface area (Å²) < 4.78 is 5.29. The molecule has 0 bridgehead atoms. The second kappa shape index (κ2) is 7.90. The third-order valence-corrected chi connectivity index (χ3v) is 5.57. The number of carbonyl (C=O) groups is 1. The van der Waals surface area contributed by atoms with E-state index in [1.807, 2.05) is 42.2 Å². The standard InChI is InChI=1S/C20H25ClN4O2/c1-14-12-18(27-23-14)13-24-8-10-25(11-9-24)20(26)22-19(15-2-3-15)16-4-6-17(21)7-5-16/h4-7,12,15,19H,2-3,8-11,13H2,1H3,(H,22,26). The summed E-state index contributed by atoms with van der Waals surface area (Å²) in [4.78, 5) is 17.0. The largest absolute Gasteiger partial charge is 0.360 e. The molecule has 2 heterocycles. The van der Waals surface area contributed by atoms with Gasteiger partial charge in [0.1, 0.15) is 0 Å². The predicted molar refractivity (Wildman–Crippen MR) is 104 cm³/mol. The lowest BCUT2D eigenvalue weighted by molar-refractivity contribution is 0.125. The van der Waals surface area contributed by atoms with Gasteiger partial charge in [0.15, 0.2) is 5.76 Å². The molecule has 2 aliphatic rings. The molecule has 1 aromatic heterocycles. The van der Waals surface area contributed by atoms with Crippen LogP contribution in [0.5, 0.6) is 0 Å². The van der Waals surface area contributed by atoms with Gasteiger partial charge in [-0.25, -0.2) is 4.79 Å². The lowest BCUT2D eigenvalue weighted by Gasteiger charge is -2.35. The summed E-state index contributed by atoms with van der Waals surface area (Å²) in [6, 6.07) is 9.88. The minimum Gasteiger partial charge on any atom is -0.360 e. The highest BCUT2D eigenvalue weighted by molar-refractivity contribution is 6.30. The van der Waals surface area contributed by atoms with E-state index < -0.39 is 0 Å². The van der Waals surface area contributed by atoms with E-state index in [0.717, 1.165) is 67.6 Å². The van der Waals surface area contributed by atoms with E-state index in [2.05, 4.69) is 15.4 Å². The highest BCUT2D eigenvalue weighted by Gasteiger charge is 2.34. The zero-order valence-corrected chi connectivity index (χ0v) is 16.3. The van der Waals surface area contributed by atoms with Crippen molar-refractivity contribution in [2.75, 3.05) is 26.2 Å². The van der Waals surface area contributed by atoms with Gasteiger partial charge < -0.3 is 14.7 Å². The van der Waals surface area contributed by atoms with Gasteiger partial charge in [0.25, 0.3) is 0 Å². The smallest absolute Gasteiger partial charge is 0.317 e. The van der Waals surface area contributed by atoms with Crippen LogP contribution in [0.4, 0.5) is 4.79 Å². The maximum absolute atomic E-state index is 12.8. The molecular weight excluding hydrogens is 364 g/mol. The minimum absolute atomic E-state index is 0.0250. The fourth-order valence-electron chi connectivity index (χ4n) is 3.62. The first kappa shape index (κ1) is 18.3. The summed E-state index contributed by atoms with van der Waals surface area (Å²) in [5.41, 5.74) is 2.03. The molecule has 2 fully saturated rings. The summed E-state index contributed by atoms with van der Waals surface area (Å²) in [5, 5.41) is 7.90. The van der Waals surface area contributed by atoms with Crippen LogP contribution >= 0.6 is 11.6 Å². The highest BCUT2D eigenvalue weighted by Crippen LogP contribution is 2.41. The molecule has 1 aromatic carbocycles. The Balaban J connectivity index is 1.31. The van der Waals surface area contributed by atoms with E-state index in [9.17, 15) is 4.79 Å². The number of amides is 2. The molecule has 1 aliphatic heterocycles. The molecule has 7 heteroatoms. The Bertz CT molecular complexity index is 780. The summed E-state index contributed by atoms with van der Waals surface area (Å²) >= 11 is 6.00. The number of benzene rings is 1. The van der Waals surface area contributed by atoms with Crippen molar-refractivity contribution in [2.24, 2.45) is 5.92 Å². The number of piperazine rings is 1. The fraction of sp³-hybridized carbons (Fsp3) is 0.500. The Morgan fingerprint density at radius 3 is 2.56 bits per heavy atom. The monoisotopic (exact) mass is 388 g/mol. The van der Waals surface area contributed by atoms with Crippen LogP contribution in [-0.4, -0.2) is 47.2 Å². The minimum atomic E-state index is 0.0250. The van der Waals surface area contributed by atoms with Gasteiger partial charge in [0.2, 0.25) is 0 Å². The average molecular weight is 389 g/mol. The molecule has 2 amide bonds. The van der Waals surface area contributed by atoms with Gasteiger partial charge in [-0.05, 0) is 43.4 Å². The zero-order chi connectivity index (χ0) is 18.8. The van der Waals surface area contributed by atoms with Gasteiger partial charge in [0.05, 0.1) is 18.3 Å². The topological polar surface area (TPSA) is 61.6 Å². The van der Waals surface area contributed by atoms with E-state index in [1.165, 1.54) is 0 Å². The second-order valence-electron chi connectivity index (χ2n) is 7.51. The molecular formula is C20H25ClN4O2. The number of nitrogens with zero attached hydrogens (tertiary/aromatic N) is 3.